The maximum absolute atomic E-state index is 12.1. The van der Waals surface area contributed by atoms with Crippen molar-refractivity contribution in [2.45, 2.75) is 71.2 Å². The van der Waals surface area contributed by atoms with Gasteiger partial charge in [-0.25, -0.2) is 4.79 Å². The number of ether oxygens (including phenoxy) is 1. The molecule has 2 aliphatic rings. The van der Waals surface area contributed by atoms with E-state index in [4.69, 9.17) is 4.74 Å². The third-order valence-electron chi connectivity index (χ3n) is 5.21. The van der Waals surface area contributed by atoms with Crippen LogP contribution in [0.3, 0.4) is 0 Å². The lowest BCUT2D eigenvalue weighted by atomic mass is 9.80. The Hall–Kier alpha value is -1.39. The molecule has 5 atom stereocenters. The second-order valence-corrected chi connectivity index (χ2v) is 7.47. The van der Waals surface area contributed by atoms with E-state index in [2.05, 4.69) is 12.7 Å². The monoisotopic (exact) mass is 334 g/mol. The van der Waals surface area contributed by atoms with Crippen LogP contribution >= 0.6 is 0 Å². The van der Waals surface area contributed by atoms with E-state index in [1.165, 1.54) is 0 Å². The number of fused-ring (bicyclic) bond motifs is 2. The summed E-state index contributed by atoms with van der Waals surface area (Å²) in [5.74, 6) is -0.674. The molecular weight excluding hydrogens is 304 g/mol. The Labute approximate surface area is 144 Å². The van der Waals surface area contributed by atoms with Crippen LogP contribution in [0.2, 0.25) is 0 Å². The minimum atomic E-state index is -0.624. The highest BCUT2D eigenvalue weighted by Gasteiger charge is 2.38. The number of hydrogen-bond acceptors (Lipinski definition) is 4. The van der Waals surface area contributed by atoms with Gasteiger partial charge in [0, 0.05) is 11.5 Å². The van der Waals surface area contributed by atoms with E-state index in [0.717, 1.165) is 24.0 Å². The van der Waals surface area contributed by atoms with Gasteiger partial charge in [-0.3, -0.25) is 0 Å². The molecule has 1 saturated heterocycles. The molecule has 0 aromatic rings. The van der Waals surface area contributed by atoms with Gasteiger partial charge in [0.25, 0.3) is 0 Å². The van der Waals surface area contributed by atoms with Crippen molar-refractivity contribution in [1.29, 1.82) is 0 Å². The molecule has 4 heteroatoms. The summed E-state index contributed by atoms with van der Waals surface area (Å²) in [7, 11) is 0. The molecule has 0 saturated carbocycles. The van der Waals surface area contributed by atoms with Crippen molar-refractivity contribution in [2.24, 2.45) is 11.8 Å². The van der Waals surface area contributed by atoms with Gasteiger partial charge in [0.2, 0.25) is 0 Å². The Balaban J connectivity index is 2.26. The number of aliphatic hydroxyl groups excluding tert-OH is 2. The van der Waals surface area contributed by atoms with Crippen LogP contribution in [0.15, 0.2) is 35.5 Å². The van der Waals surface area contributed by atoms with Crippen molar-refractivity contribution in [2.75, 3.05) is 0 Å². The van der Waals surface area contributed by atoms with Gasteiger partial charge >= 0.3 is 5.97 Å². The van der Waals surface area contributed by atoms with E-state index in [1.54, 1.807) is 0 Å². The summed E-state index contributed by atoms with van der Waals surface area (Å²) in [4.78, 5) is 12.1. The molecule has 2 N–H and O–H groups in total. The van der Waals surface area contributed by atoms with Crippen LogP contribution in [0.1, 0.15) is 52.9 Å². The van der Waals surface area contributed by atoms with Crippen molar-refractivity contribution in [1.82, 2.24) is 0 Å². The number of hydrogen-bond donors (Lipinski definition) is 2. The number of allylic oxidation sites excluding steroid dienone is 2. The highest BCUT2D eigenvalue weighted by Crippen LogP contribution is 2.34. The Kier molecular flexibility index (Phi) is 6.41. The van der Waals surface area contributed by atoms with Crippen molar-refractivity contribution >= 4 is 5.97 Å². The predicted molar refractivity (Wildman–Crippen MR) is 94.3 cm³/mol. The highest BCUT2D eigenvalue weighted by atomic mass is 16.5. The second kappa shape index (κ2) is 8.13. The first kappa shape index (κ1) is 18.9. The van der Waals surface area contributed by atoms with Crippen molar-refractivity contribution in [3.05, 3.63) is 35.5 Å². The van der Waals surface area contributed by atoms with Gasteiger partial charge in [0.1, 0.15) is 6.10 Å². The van der Waals surface area contributed by atoms with E-state index in [1.807, 2.05) is 26.8 Å². The fourth-order valence-corrected chi connectivity index (χ4v) is 3.66. The summed E-state index contributed by atoms with van der Waals surface area (Å²) < 4.78 is 5.50. The van der Waals surface area contributed by atoms with E-state index >= 15 is 0 Å². The van der Waals surface area contributed by atoms with Gasteiger partial charge in [-0.2, -0.15) is 0 Å². The molecule has 134 valence electrons. The molecule has 0 aromatic heterocycles. The van der Waals surface area contributed by atoms with Gasteiger partial charge in [-0.05, 0) is 51.9 Å². The van der Waals surface area contributed by atoms with Crippen LogP contribution in [0.4, 0.5) is 0 Å². The third-order valence-corrected chi connectivity index (χ3v) is 5.21. The van der Waals surface area contributed by atoms with Crippen LogP contribution in [0.5, 0.6) is 0 Å². The van der Waals surface area contributed by atoms with Crippen LogP contribution in [0.25, 0.3) is 0 Å². The predicted octanol–water partition coefficient (Wildman–Crippen LogP) is 3.30. The zero-order valence-corrected chi connectivity index (χ0v) is 15.0. The largest absolute Gasteiger partial charge is 0.459 e. The van der Waals surface area contributed by atoms with Crippen molar-refractivity contribution in [3.8, 4) is 0 Å². The fourth-order valence-electron chi connectivity index (χ4n) is 3.66. The quantitative estimate of drug-likeness (QED) is 0.405. The molecule has 0 amide bonds. The molecule has 0 aromatic carbocycles. The zero-order chi connectivity index (χ0) is 17.9. The average Bonchev–Trinajstić information content (AvgIpc) is 2.48. The summed E-state index contributed by atoms with van der Waals surface area (Å²) in [5, 5.41) is 20.9. The lowest BCUT2D eigenvalue weighted by Crippen LogP contribution is -2.40. The molecular formula is C20H30O4. The SMILES string of the molecule is C=C1C(=O)O[C@@H]2C[C@H]1[C@@H](O)C/C(C)=C/CC/C(C)=C/[C@H](O)C[C@@H]2C. The Morgan fingerprint density at radius 1 is 1.21 bits per heavy atom. The van der Waals surface area contributed by atoms with Crippen LogP contribution in [-0.4, -0.2) is 34.5 Å². The average molecular weight is 334 g/mol. The molecule has 0 spiro atoms. The number of aliphatic hydroxyl groups is 2. The Morgan fingerprint density at radius 3 is 2.62 bits per heavy atom. The number of carbonyl (C=O) groups is 1. The van der Waals surface area contributed by atoms with Gasteiger partial charge < -0.3 is 14.9 Å². The lowest BCUT2D eigenvalue weighted by molar-refractivity contribution is -0.155. The summed E-state index contributed by atoms with van der Waals surface area (Å²) in [5.41, 5.74) is 2.63. The van der Waals surface area contributed by atoms with Crippen LogP contribution in [-0.2, 0) is 9.53 Å². The number of esters is 1. The highest BCUT2D eigenvalue weighted by molar-refractivity contribution is 5.89. The van der Waals surface area contributed by atoms with Crippen molar-refractivity contribution < 1.29 is 19.7 Å². The normalized spacial score (nSPS) is 40.6. The maximum atomic E-state index is 12.1. The molecule has 1 aliphatic carbocycles. The van der Waals surface area contributed by atoms with Crippen LogP contribution < -0.4 is 0 Å². The van der Waals surface area contributed by atoms with Gasteiger partial charge in [-0.1, -0.05) is 36.8 Å². The summed E-state index contributed by atoms with van der Waals surface area (Å²) in [6, 6.07) is 0. The standard InChI is InChI=1S/C20H30O4/c1-12-6-5-7-13(2)9-18(22)17-11-19(24-20(23)15(17)4)14(3)10-16(21)8-12/h7-8,14,16-19,21-22H,4-6,9-11H2,1-3H3/b12-8+,13-7+/t14-,16-,17+,18-,19+/m0/s1. The third kappa shape index (κ3) is 4.81. The van der Waals surface area contributed by atoms with Gasteiger partial charge in [-0.15, -0.1) is 0 Å². The van der Waals surface area contributed by atoms with E-state index in [9.17, 15) is 15.0 Å². The Bertz CT molecular complexity index is 546. The molecule has 0 unspecified atom stereocenters. The van der Waals surface area contributed by atoms with E-state index in [-0.39, 0.29) is 17.9 Å². The Morgan fingerprint density at radius 2 is 1.92 bits per heavy atom. The smallest absolute Gasteiger partial charge is 0.334 e. The van der Waals surface area contributed by atoms with Crippen LogP contribution in [0, 0.1) is 11.8 Å². The molecule has 1 heterocycles. The van der Waals surface area contributed by atoms with Crippen molar-refractivity contribution in [3.63, 3.8) is 0 Å². The minimum absolute atomic E-state index is 0.0235. The molecule has 0 radical (unpaired) electrons. The fraction of sp³-hybridized carbons (Fsp3) is 0.650. The maximum Gasteiger partial charge on any atom is 0.334 e. The second-order valence-electron chi connectivity index (χ2n) is 7.47. The summed E-state index contributed by atoms with van der Waals surface area (Å²) in [6.45, 7) is 9.85. The lowest BCUT2D eigenvalue weighted by Gasteiger charge is -2.36. The summed E-state index contributed by atoms with van der Waals surface area (Å²) in [6.07, 6.45) is 6.01. The number of rotatable bonds is 0. The first-order valence-electron chi connectivity index (χ1n) is 8.86. The first-order valence-corrected chi connectivity index (χ1v) is 8.86. The minimum Gasteiger partial charge on any atom is -0.459 e. The molecule has 2 rings (SSSR count). The number of carbonyl (C=O) groups excluding carboxylic acids is 1. The zero-order valence-electron chi connectivity index (χ0n) is 15.0. The molecule has 1 aliphatic heterocycles. The van der Waals surface area contributed by atoms with Gasteiger partial charge in [0.05, 0.1) is 12.2 Å². The molecule has 2 bridgehead atoms. The molecule has 4 nitrogen and oxygen atoms in total. The summed E-state index contributed by atoms with van der Waals surface area (Å²) >= 11 is 0. The van der Waals surface area contributed by atoms with E-state index in [0.29, 0.717) is 24.8 Å². The molecule has 1 fully saturated rings. The first-order chi connectivity index (χ1) is 11.3. The van der Waals surface area contributed by atoms with Gasteiger partial charge in [0.15, 0.2) is 0 Å². The topological polar surface area (TPSA) is 66.8 Å². The van der Waals surface area contributed by atoms with E-state index < -0.39 is 18.2 Å². The molecule has 24 heavy (non-hydrogen) atoms.